The first-order valence-electron chi connectivity index (χ1n) is 5.62. The van der Waals surface area contributed by atoms with Crippen molar-refractivity contribution < 1.29 is 0 Å². The molecule has 0 saturated heterocycles. The van der Waals surface area contributed by atoms with Gasteiger partial charge >= 0.3 is 0 Å². The molecule has 0 amide bonds. The predicted molar refractivity (Wildman–Crippen MR) is 64.9 cm³/mol. The minimum Gasteiger partial charge on any atom is -0.360 e. The Morgan fingerprint density at radius 3 is 2.14 bits per heavy atom. The molecule has 2 heteroatoms. The highest BCUT2D eigenvalue weighted by atomic mass is 15.2. The molecule has 14 heavy (non-hydrogen) atoms. The van der Waals surface area contributed by atoms with Crippen molar-refractivity contribution in [3.05, 3.63) is 0 Å². The molecule has 0 spiro atoms. The van der Waals surface area contributed by atoms with Gasteiger partial charge in [-0.25, -0.2) is 0 Å². The fourth-order valence-corrected chi connectivity index (χ4v) is 1.79. The highest BCUT2D eigenvalue weighted by Gasteiger charge is 2.20. The van der Waals surface area contributed by atoms with E-state index in [-0.39, 0.29) is 0 Å². The van der Waals surface area contributed by atoms with E-state index in [1.54, 1.807) is 0 Å². The Labute approximate surface area is 89.4 Å². The van der Waals surface area contributed by atoms with Gasteiger partial charge in [0.1, 0.15) is 0 Å². The van der Waals surface area contributed by atoms with Gasteiger partial charge in [-0.05, 0) is 25.2 Å². The maximum Gasteiger partial charge on any atom is 0.0848 e. The fourth-order valence-electron chi connectivity index (χ4n) is 1.79. The van der Waals surface area contributed by atoms with Crippen LogP contribution in [0.25, 0.3) is 0 Å². The second-order valence-corrected chi connectivity index (χ2v) is 5.03. The molecule has 84 valence electrons. The van der Waals surface area contributed by atoms with Gasteiger partial charge in [0, 0.05) is 19.6 Å². The van der Waals surface area contributed by atoms with Crippen LogP contribution in [0.2, 0.25) is 0 Å². The van der Waals surface area contributed by atoms with Crippen molar-refractivity contribution in [2.75, 3.05) is 13.6 Å². The van der Waals surface area contributed by atoms with E-state index in [0.29, 0.717) is 11.5 Å². The number of nitrogens with zero attached hydrogens (tertiary/aromatic N) is 2. The molecule has 0 aromatic rings. The lowest BCUT2D eigenvalue weighted by Crippen LogP contribution is -2.36. The highest BCUT2D eigenvalue weighted by molar-refractivity contribution is 5.55. The topological polar surface area (TPSA) is 15.6 Å². The molecule has 0 saturated carbocycles. The number of aliphatic imine (C=N–C) groups is 1. The second-order valence-electron chi connectivity index (χ2n) is 5.03. The van der Waals surface area contributed by atoms with Gasteiger partial charge in [0.15, 0.2) is 0 Å². The van der Waals surface area contributed by atoms with E-state index in [0.717, 1.165) is 6.54 Å². The van der Waals surface area contributed by atoms with Crippen LogP contribution < -0.4 is 0 Å². The minimum atomic E-state index is 0.398. The van der Waals surface area contributed by atoms with E-state index in [2.05, 4.69) is 44.5 Å². The lowest BCUT2D eigenvalue weighted by Gasteiger charge is -2.33. The Hall–Kier alpha value is -0.530. The summed E-state index contributed by atoms with van der Waals surface area (Å²) < 4.78 is 0. The molecule has 1 unspecified atom stereocenters. The van der Waals surface area contributed by atoms with Crippen LogP contribution in [-0.2, 0) is 0 Å². The molecule has 0 aliphatic heterocycles. The summed E-state index contributed by atoms with van der Waals surface area (Å²) in [5.41, 5.74) is 0.398. The fraction of sp³-hybridized carbons (Fsp3) is 0.917. The van der Waals surface area contributed by atoms with Crippen LogP contribution >= 0.6 is 0 Å². The normalized spacial score (nSPS) is 14.7. The summed E-state index contributed by atoms with van der Waals surface area (Å²) >= 11 is 0. The van der Waals surface area contributed by atoms with Crippen LogP contribution in [0.15, 0.2) is 4.99 Å². The minimum absolute atomic E-state index is 0.398. The summed E-state index contributed by atoms with van der Waals surface area (Å²) in [4.78, 5) is 6.45. The molecule has 0 fully saturated rings. The molecular formula is C12H26N2. The molecule has 0 bridgehead atoms. The standard InChI is InChI=1S/C12H26N2/c1-7-11(9-12(3,4)5)14(8-2)10-13-6/h10-11H,7-9H2,1-6H3. The van der Waals surface area contributed by atoms with Gasteiger partial charge in [-0.3, -0.25) is 4.99 Å². The first-order valence-corrected chi connectivity index (χ1v) is 5.62. The SMILES string of the molecule is CCC(CC(C)(C)C)N(C=NC)CC. The average molecular weight is 198 g/mol. The second kappa shape index (κ2) is 6.05. The number of rotatable bonds is 5. The quantitative estimate of drug-likeness (QED) is 0.489. The zero-order valence-electron chi connectivity index (χ0n) is 10.7. The van der Waals surface area contributed by atoms with Gasteiger partial charge in [0.25, 0.3) is 0 Å². The molecule has 1 atom stereocenters. The zero-order chi connectivity index (χ0) is 11.2. The molecule has 0 radical (unpaired) electrons. The van der Waals surface area contributed by atoms with Crippen molar-refractivity contribution in [3.8, 4) is 0 Å². The lowest BCUT2D eigenvalue weighted by atomic mass is 9.86. The largest absolute Gasteiger partial charge is 0.360 e. The van der Waals surface area contributed by atoms with Crippen LogP contribution in [0.4, 0.5) is 0 Å². The Bertz CT molecular complexity index is 168. The summed E-state index contributed by atoms with van der Waals surface area (Å²) in [7, 11) is 1.84. The van der Waals surface area contributed by atoms with Crippen LogP contribution in [0.1, 0.15) is 47.5 Å². The molecule has 0 aliphatic carbocycles. The third-order valence-corrected chi connectivity index (χ3v) is 2.42. The maximum absolute atomic E-state index is 4.11. The zero-order valence-corrected chi connectivity index (χ0v) is 10.7. The maximum atomic E-state index is 4.11. The molecule has 2 nitrogen and oxygen atoms in total. The van der Waals surface area contributed by atoms with E-state index < -0.39 is 0 Å². The van der Waals surface area contributed by atoms with Gasteiger partial charge in [-0.15, -0.1) is 0 Å². The summed E-state index contributed by atoms with van der Waals surface area (Å²) in [6.45, 7) is 12.4. The van der Waals surface area contributed by atoms with E-state index in [9.17, 15) is 0 Å². The van der Waals surface area contributed by atoms with Crippen molar-refractivity contribution in [1.82, 2.24) is 4.90 Å². The van der Waals surface area contributed by atoms with Crippen molar-refractivity contribution in [3.63, 3.8) is 0 Å². The van der Waals surface area contributed by atoms with Crippen LogP contribution in [0, 0.1) is 5.41 Å². The Morgan fingerprint density at radius 2 is 1.86 bits per heavy atom. The smallest absolute Gasteiger partial charge is 0.0848 e. The highest BCUT2D eigenvalue weighted by Crippen LogP contribution is 2.24. The number of hydrogen-bond donors (Lipinski definition) is 0. The molecule has 0 aliphatic rings. The molecule has 0 rings (SSSR count). The van der Waals surface area contributed by atoms with Crippen molar-refractivity contribution in [2.24, 2.45) is 10.4 Å². The summed E-state index contributed by atoms with van der Waals surface area (Å²) in [5.74, 6) is 0. The molecule has 0 aromatic carbocycles. The molecule has 0 N–H and O–H groups in total. The summed E-state index contributed by atoms with van der Waals surface area (Å²) in [6, 6.07) is 0.628. The molecule has 0 aromatic heterocycles. The van der Waals surface area contributed by atoms with Crippen LogP contribution in [-0.4, -0.2) is 30.9 Å². The number of hydrogen-bond acceptors (Lipinski definition) is 1. The Morgan fingerprint density at radius 1 is 1.29 bits per heavy atom. The summed E-state index contributed by atoms with van der Waals surface area (Å²) in [5, 5.41) is 0. The van der Waals surface area contributed by atoms with Gasteiger partial charge in [0.2, 0.25) is 0 Å². The molecular weight excluding hydrogens is 172 g/mol. The average Bonchev–Trinajstić information content (AvgIpc) is 2.09. The van der Waals surface area contributed by atoms with Crippen LogP contribution in [0.5, 0.6) is 0 Å². The van der Waals surface area contributed by atoms with Gasteiger partial charge < -0.3 is 4.90 Å². The summed E-state index contributed by atoms with van der Waals surface area (Å²) in [6.07, 6.45) is 4.39. The van der Waals surface area contributed by atoms with E-state index in [1.807, 2.05) is 13.4 Å². The third kappa shape index (κ3) is 5.25. The monoisotopic (exact) mass is 198 g/mol. The van der Waals surface area contributed by atoms with Crippen molar-refractivity contribution >= 4 is 6.34 Å². The van der Waals surface area contributed by atoms with Gasteiger partial charge in [-0.2, -0.15) is 0 Å². The van der Waals surface area contributed by atoms with Crippen molar-refractivity contribution in [2.45, 2.75) is 53.5 Å². The lowest BCUT2D eigenvalue weighted by molar-refractivity contribution is 0.227. The van der Waals surface area contributed by atoms with E-state index in [4.69, 9.17) is 0 Å². The Kier molecular flexibility index (Phi) is 5.82. The third-order valence-electron chi connectivity index (χ3n) is 2.42. The first-order chi connectivity index (χ1) is 6.44. The van der Waals surface area contributed by atoms with Crippen LogP contribution in [0.3, 0.4) is 0 Å². The van der Waals surface area contributed by atoms with E-state index in [1.165, 1.54) is 12.8 Å². The first kappa shape index (κ1) is 13.5. The predicted octanol–water partition coefficient (Wildman–Crippen LogP) is 3.18. The van der Waals surface area contributed by atoms with Gasteiger partial charge in [-0.1, -0.05) is 27.7 Å². The van der Waals surface area contributed by atoms with Crippen molar-refractivity contribution in [1.29, 1.82) is 0 Å². The van der Waals surface area contributed by atoms with E-state index >= 15 is 0 Å². The molecule has 0 heterocycles. The van der Waals surface area contributed by atoms with Gasteiger partial charge in [0.05, 0.1) is 6.34 Å². The Balaban J connectivity index is 4.36.